The number of fused-ring (bicyclic) bond motifs is 1. The fourth-order valence-corrected chi connectivity index (χ4v) is 2.26. The maximum absolute atomic E-state index is 5.51. The number of anilines is 1. The lowest BCUT2D eigenvalue weighted by atomic mass is 10.2. The highest BCUT2D eigenvalue weighted by Crippen LogP contribution is 2.22. The molecule has 1 heterocycles. The number of methoxy groups -OCH3 is 1. The van der Waals surface area contributed by atoms with Crippen molar-refractivity contribution in [3.63, 3.8) is 0 Å². The summed E-state index contributed by atoms with van der Waals surface area (Å²) in [7, 11) is 1.62. The highest BCUT2D eigenvalue weighted by Gasteiger charge is 2.04. The number of para-hydroxylation sites is 2. The molecule has 1 N–H and O–H groups in total. The zero-order valence-electron chi connectivity index (χ0n) is 11.2. The summed E-state index contributed by atoms with van der Waals surface area (Å²) in [5.41, 5.74) is 5.12. The summed E-state index contributed by atoms with van der Waals surface area (Å²) in [6.07, 6.45) is 1.65. The van der Waals surface area contributed by atoms with Crippen LogP contribution in [-0.2, 0) is 0 Å². The average molecular weight is 346 g/mol. The molecule has 6 heteroatoms. The Labute approximate surface area is 129 Å². The molecule has 0 atom stereocenters. The minimum absolute atomic E-state index is 0.349. The van der Waals surface area contributed by atoms with Gasteiger partial charge in [-0.15, -0.1) is 0 Å². The van der Waals surface area contributed by atoms with Crippen molar-refractivity contribution in [2.45, 2.75) is 0 Å². The Morgan fingerprint density at radius 2 is 2.14 bits per heavy atom. The minimum Gasteiger partial charge on any atom is -0.496 e. The van der Waals surface area contributed by atoms with Crippen LogP contribution >= 0.6 is 15.9 Å². The number of aromatic nitrogens is 1. The van der Waals surface area contributed by atoms with E-state index in [1.807, 2.05) is 42.5 Å². The second kappa shape index (κ2) is 5.97. The van der Waals surface area contributed by atoms with Crippen LogP contribution in [0.2, 0.25) is 0 Å². The molecule has 2 aromatic carbocycles. The number of rotatable bonds is 4. The lowest BCUT2D eigenvalue weighted by molar-refractivity contribution is 0.414. The van der Waals surface area contributed by atoms with Crippen LogP contribution in [0.1, 0.15) is 5.56 Å². The van der Waals surface area contributed by atoms with Crippen LogP contribution in [0.5, 0.6) is 5.75 Å². The summed E-state index contributed by atoms with van der Waals surface area (Å²) < 4.78 is 11.7. The number of oxazole rings is 1. The van der Waals surface area contributed by atoms with Gasteiger partial charge in [0.05, 0.1) is 13.3 Å². The molecule has 21 heavy (non-hydrogen) atoms. The second-order valence-corrected chi connectivity index (χ2v) is 5.16. The smallest absolute Gasteiger partial charge is 0.316 e. The van der Waals surface area contributed by atoms with Crippen LogP contribution in [0.25, 0.3) is 11.1 Å². The summed E-state index contributed by atoms with van der Waals surface area (Å²) in [6, 6.07) is 13.6. The van der Waals surface area contributed by atoms with E-state index < -0.39 is 0 Å². The van der Waals surface area contributed by atoms with Gasteiger partial charge >= 0.3 is 6.01 Å². The summed E-state index contributed by atoms with van der Waals surface area (Å²) >= 11 is 3.42. The Hall–Kier alpha value is -2.34. The number of nitrogens with one attached hydrogen (secondary N) is 1. The predicted molar refractivity (Wildman–Crippen MR) is 85.9 cm³/mol. The number of ether oxygens (including phenoxy) is 1. The van der Waals surface area contributed by atoms with Gasteiger partial charge in [0.25, 0.3) is 0 Å². The molecule has 0 saturated carbocycles. The maximum atomic E-state index is 5.51. The van der Waals surface area contributed by atoms with E-state index in [4.69, 9.17) is 9.15 Å². The second-order valence-electron chi connectivity index (χ2n) is 4.24. The zero-order chi connectivity index (χ0) is 14.7. The van der Waals surface area contributed by atoms with Gasteiger partial charge in [-0.3, -0.25) is 0 Å². The minimum atomic E-state index is 0.349. The Morgan fingerprint density at radius 3 is 2.95 bits per heavy atom. The molecule has 0 bridgehead atoms. The third-order valence-corrected chi connectivity index (χ3v) is 3.34. The summed E-state index contributed by atoms with van der Waals surface area (Å²) in [5, 5.41) is 4.12. The van der Waals surface area contributed by atoms with E-state index >= 15 is 0 Å². The molecule has 0 aliphatic heterocycles. The first-order valence-electron chi connectivity index (χ1n) is 6.24. The van der Waals surface area contributed by atoms with Gasteiger partial charge in [0.1, 0.15) is 11.3 Å². The number of hydrogen-bond donors (Lipinski definition) is 1. The summed E-state index contributed by atoms with van der Waals surface area (Å²) in [5.74, 6) is 0.737. The van der Waals surface area contributed by atoms with Crippen LogP contribution in [0, 0.1) is 0 Å². The van der Waals surface area contributed by atoms with E-state index in [2.05, 4.69) is 31.4 Å². The average Bonchev–Trinajstić information content (AvgIpc) is 2.90. The maximum Gasteiger partial charge on any atom is 0.316 e. The SMILES string of the molecule is COc1ccc(Br)cc1C=NNc1nc2ccccc2o1. The number of nitrogens with zero attached hydrogens (tertiary/aromatic N) is 2. The van der Waals surface area contributed by atoms with Crippen LogP contribution in [0.4, 0.5) is 6.01 Å². The standard InChI is InChI=1S/C15H12BrN3O2/c1-20-13-7-6-11(16)8-10(13)9-17-19-15-18-12-4-2-3-5-14(12)21-15/h2-9H,1H3,(H,18,19). The zero-order valence-corrected chi connectivity index (χ0v) is 12.8. The van der Waals surface area contributed by atoms with Crippen LogP contribution in [0.15, 0.2) is 56.5 Å². The van der Waals surface area contributed by atoms with Gasteiger partial charge in [-0.2, -0.15) is 10.1 Å². The number of hydrazone groups is 1. The van der Waals surface area contributed by atoms with E-state index in [1.165, 1.54) is 0 Å². The van der Waals surface area contributed by atoms with Gasteiger partial charge in [0.15, 0.2) is 5.58 Å². The van der Waals surface area contributed by atoms with Crippen molar-refractivity contribution >= 4 is 39.3 Å². The molecule has 0 aliphatic carbocycles. The van der Waals surface area contributed by atoms with Crippen LogP contribution in [-0.4, -0.2) is 18.3 Å². The Bertz CT molecular complexity index is 765. The lowest BCUT2D eigenvalue weighted by Crippen LogP contribution is -1.94. The molecule has 0 saturated heterocycles. The van der Waals surface area contributed by atoms with Crippen molar-refractivity contribution in [3.05, 3.63) is 52.5 Å². The molecule has 3 aromatic rings. The summed E-state index contributed by atoms with van der Waals surface area (Å²) in [4.78, 5) is 4.27. The molecule has 5 nitrogen and oxygen atoms in total. The third kappa shape index (κ3) is 3.05. The fourth-order valence-electron chi connectivity index (χ4n) is 1.88. The molecule has 0 fully saturated rings. The Morgan fingerprint density at radius 1 is 1.29 bits per heavy atom. The number of hydrogen-bond acceptors (Lipinski definition) is 5. The van der Waals surface area contributed by atoms with Crippen molar-refractivity contribution in [2.75, 3.05) is 12.5 Å². The van der Waals surface area contributed by atoms with Gasteiger partial charge in [-0.1, -0.05) is 28.1 Å². The van der Waals surface area contributed by atoms with Crippen molar-refractivity contribution in [3.8, 4) is 5.75 Å². The molecule has 0 aliphatic rings. The van der Waals surface area contributed by atoms with Crippen LogP contribution < -0.4 is 10.2 Å². The quantitative estimate of drug-likeness (QED) is 0.572. The normalized spacial score (nSPS) is 11.1. The van der Waals surface area contributed by atoms with Gasteiger partial charge in [0.2, 0.25) is 0 Å². The van der Waals surface area contributed by atoms with E-state index in [9.17, 15) is 0 Å². The monoisotopic (exact) mass is 345 g/mol. The highest BCUT2D eigenvalue weighted by molar-refractivity contribution is 9.10. The van der Waals surface area contributed by atoms with Crippen LogP contribution in [0.3, 0.4) is 0 Å². The third-order valence-electron chi connectivity index (χ3n) is 2.85. The molecule has 106 valence electrons. The van der Waals surface area contributed by atoms with E-state index in [-0.39, 0.29) is 0 Å². The first kappa shape index (κ1) is 13.6. The summed E-state index contributed by atoms with van der Waals surface area (Å²) in [6.45, 7) is 0. The first-order chi connectivity index (χ1) is 10.3. The van der Waals surface area contributed by atoms with Crippen molar-refractivity contribution < 1.29 is 9.15 Å². The molecule has 0 radical (unpaired) electrons. The van der Waals surface area contributed by atoms with Gasteiger partial charge < -0.3 is 9.15 Å². The molecule has 0 amide bonds. The first-order valence-corrected chi connectivity index (χ1v) is 7.04. The van der Waals surface area contributed by atoms with E-state index in [1.54, 1.807) is 13.3 Å². The molecular formula is C15H12BrN3O2. The van der Waals surface area contributed by atoms with E-state index in [0.29, 0.717) is 6.01 Å². The Kier molecular flexibility index (Phi) is 3.87. The Balaban J connectivity index is 1.79. The molecule has 0 unspecified atom stereocenters. The predicted octanol–water partition coefficient (Wildman–Crippen LogP) is 4.04. The fraction of sp³-hybridized carbons (Fsp3) is 0.0667. The number of halogens is 1. The topological polar surface area (TPSA) is 59.6 Å². The largest absolute Gasteiger partial charge is 0.496 e. The highest BCUT2D eigenvalue weighted by atomic mass is 79.9. The van der Waals surface area contributed by atoms with Gasteiger partial charge in [0, 0.05) is 10.0 Å². The molecule has 1 aromatic heterocycles. The lowest BCUT2D eigenvalue weighted by Gasteiger charge is -2.04. The van der Waals surface area contributed by atoms with Crippen molar-refractivity contribution in [1.29, 1.82) is 0 Å². The molecule has 3 rings (SSSR count). The van der Waals surface area contributed by atoms with Gasteiger partial charge in [-0.05, 0) is 30.3 Å². The van der Waals surface area contributed by atoms with Gasteiger partial charge in [-0.25, -0.2) is 5.43 Å². The molecular weight excluding hydrogens is 334 g/mol. The number of benzene rings is 2. The molecule has 0 spiro atoms. The van der Waals surface area contributed by atoms with E-state index in [0.717, 1.165) is 26.9 Å². The van der Waals surface area contributed by atoms with Crippen molar-refractivity contribution in [1.82, 2.24) is 4.98 Å². The van der Waals surface area contributed by atoms with Crippen molar-refractivity contribution in [2.24, 2.45) is 5.10 Å².